The van der Waals surface area contributed by atoms with Gasteiger partial charge in [0.2, 0.25) is 5.91 Å². The molecule has 1 aliphatic heterocycles. The molecule has 29 heavy (non-hydrogen) atoms. The van der Waals surface area contributed by atoms with Gasteiger partial charge in [0.05, 0.1) is 22.6 Å². The molecule has 3 aliphatic carbocycles. The number of halogens is 2. The van der Waals surface area contributed by atoms with Gasteiger partial charge in [-0.3, -0.25) is 9.59 Å². The topological polar surface area (TPSA) is 76.7 Å². The van der Waals surface area contributed by atoms with Crippen molar-refractivity contribution >= 4 is 23.4 Å². The molecule has 8 heteroatoms. The van der Waals surface area contributed by atoms with Crippen LogP contribution in [0.5, 0.6) is 5.75 Å². The molecule has 4 fully saturated rings. The van der Waals surface area contributed by atoms with E-state index in [0.717, 1.165) is 12.5 Å². The Balaban J connectivity index is 1.19. The molecule has 2 N–H and O–H groups in total. The molecule has 0 spiro atoms. The molecule has 3 unspecified atom stereocenters. The van der Waals surface area contributed by atoms with Crippen molar-refractivity contribution in [3.05, 3.63) is 29.0 Å². The van der Waals surface area contributed by atoms with Gasteiger partial charge in [-0.25, -0.2) is 4.39 Å². The van der Waals surface area contributed by atoms with E-state index in [9.17, 15) is 14.0 Å². The highest BCUT2D eigenvalue weighted by atomic mass is 35.5. The zero-order valence-electron chi connectivity index (χ0n) is 16.6. The van der Waals surface area contributed by atoms with Crippen molar-refractivity contribution in [2.45, 2.75) is 57.3 Å². The molecule has 4 aliphatic rings. The van der Waals surface area contributed by atoms with E-state index in [1.165, 1.54) is 12.1 Å². The number of hydrogen-bond donors (Lipinski definition) is 2. The standard InChI is InChI=1S/C21H26ClFN2O4/c1-12-5-14(13(2)29-12)7-24-19(27)20-9-21(10-20,11-20)25-18(26)8-28-15-3-4-16(22)17(23)6-15/h3-4,6,12-14H,5,7-11H2,1-2H3,(H,24,27)(H,25,26). The van der Waals surface area contributed by atoms with Gasteiger partial charge in [0, 0.05) is 24.1 Å². The summed E-state index contributed by atoms with van der Waals surface area (Å²) < 4.78 is 24.5. The van der Waals surface area contributed by atoms with Crippen LogP contribution in [0.25, 0.3) is 0 Å². The summed E-state index contributed by atoms with van der Waals surface area (Å²) in [5, 5.41) is 6.04. The predicted molar refractivity (Wildman–Crippen MR) is 105 cm³/mol. The van der Waals surface area contributed by atoms with Crippen LogP contribution in [0.3, 0.4) is 0 Å². The Morgan fingerprint density at radius 2 is 2.03 bits per heavy atom. The first-order chi connectivity index (χ1) is 13.7. The summed E-state index contributed by atoms with van der Waals surface area (Å²) in [6, 6.07) is 4.04. The molecule has 1 heterocycles. The Bertz CT molecular complexity index is 813. The molecule has 6 nitrogen and oxygen atoms in total. The summed E-state index contributed by atoms with van der Waals surface area (Å²) in [5.74, 6) is -0.196. The van der Waals surface area contributed by atoms with Gasteiger partial charge in [-0.2, -0.15) is 0 Å². The lowest BCUT2D eigenvalue weighted by Crippen LogP contribution is -2.78. The first-order valence-corrected chi connectivity index (χ1v) is 10.4. The molecule has 1 saturated heterocycles. The summed E-state index contributed by atoms with van der Waals surface area (Å²) in [6.45, 7) is 4.53. The molecule has 1 aromatic carbocycles. The van der Waals surface area contributed by atoms with Gasteiger partial charge >= 0.3 is 0 Å². The maximum atomic E-state index is 13.4. The lowest BCUT2D eigenvalue weighted by atomic mass is 9.39. The second-order valence-corrected chi connectivity index (χ2v) is 9.27. The number of nitrogens with one attached hydrogen (secondary N) is 2. The fourth-order valence-electron chi connectivity index (χ4n) is 5.02. The minimum Gasteiger partial charge on any atom is -0.484 e. The summed E-state index contributed by atoms with van der Waals surface area (Å²) in [7, 11) is 0. The summed E-state index contributed by atoms with van der Waals surface area (Å²) in [4.78, 5) is 24.8. The minimum atomic E-state index is -0.593. The zero-order chi connectivity index (χ0) is 20.8. The average Bonchev–Trinajstić information content (AvgIpc) is 2.93. The van der Waals surface area contributed by atoms with Crippen LogP contribution >= 0.6 is 11.6 Å². The smallest absolute Gasteiger partial charge is 0.258 e. The minimum absolute atomic E-state index is 0.00340. The highest BCUT2D eigenvalue weighted by molar-refractivity contribution is 6.30. The van der Waals surface area contributed by atoms with Crippen molar-refractivity contribution in [1.82, 2.24) is 10.6 Å². The molecule has 3 saturated carbocycles. The normalized spacial score (nSPS) is 34.7. The van der Waals surface area contributed by atoms with Gasteiger partial charge in [0.25, 0.3) is 5.91 Å². The number of rotatable bonds is 7. The number of carbonyl (C=O) groups excluding carboxylic acids is 2. The summed E-state index contributed by atoms with van der Waals surface area (Å²) in [6.07, 6.45) is 3.33. The fourth-order valence-corrected chi connectivity index (χ4v) is 5.14. The van der Waals surface area contributed by atoms with Crippen LogP contribution in [0.4, 0.5) is 4.39 Å². The Morgan fingerprint density at radius 1 is 1.31 bits per heavy atom. The molecule has 158 valence electrons. The van der Waals surface area contributed by atoms with Crippen LogP contribution in [-0.4, -0.2) is 42.7 Å². The monoisotopic (exact) mass is 424 g/mol. The van der Waals surface area contributed by atoms with E-state index in [1.54, 1.807) is 0 Å². The molecule has 0 radical (unpaired) electrons. The third-order valence-corrected chi connectivity index (χ3v) is 6.75. The van der Waals surface area contributed by atoms with E-state index in [0.29, 0.717) is 31.7 Å². The first kappa shape index (κ1) is 20.4. The Hall–Kier alpha value is -1.86. The van der Waals surface area contributed by atoms with Gasteiger partial charge < -0.3 is 20.1 Å². The van der Waals surface area contributed by atoms with E-state index >= 15 is 0 Å². The molecular weight excluding hydrogens is 399 g/mol. The highest BCUT2D eigenvalue weighted by Crippen LogP contribution is 2.67. The lowest BCUT2D eigenvalue weighted by Gasteiger charge is -2.69. The van der Waals surface area contributed by atoms with Crippen molar-refractivity contribution in [2.75, 3.05) is 13.2 Å². The summed E-state index contributed by atoms with van der Waals surface area (Å²) in [5.41, 5.74) is -0.650. The van der Waals surface area contributed by atoms with E-state index in [4.69, 9.17) is 21.1 Å². The largest absolute Gasteiger partial charge is 0.484 e. The first-order valence-electron chi connectivity index (χ1n) is 10.0. The van der Waals surface area contributed by atoms with Crippen LogP contribution in [0, 0.1) is 17.2 Å². The third-order valence-electron chi connectivity index (χ3n) is 6.45. The number of benzene rings is 1. The number of carbonyl (C=O) groups is 2. The summed E-state index contributed by atoms with van der Waals surface area (Å²) >= 11 is 5.62. The molecule has 1 aromatic rings. The molecule has 2 bridgehead atoms. The zero-order valence-corrected chi connectivity index (χ0v) is 17.4. The van der Waals surface area contributed by atoms with Crippen LogP contribution in [0.1, 0.15) is 39.5 Å². The van der Waals surface area contributed by atoms with E-state index in [1.807, 2.05) is 6.92 Å². The lowest BCUT2D eigenvalue weighted by molar-refractivity contribution is -0.184. The van der Waals surface area contributed by atoms with Crippen LogP contribution in [0.2, 0.25) is 5.02 Å². The molecule has 3 atom stereocenters. The average molecular weight is 425 g/mol. The quantitative estimate of drug-likeness (QED) is 0.705. The van der Waals surface area contributed by atoms with Gasteiger partial charge in [0.1, 0.15) is 11.6 Å². The second-order valence-electron chi connectivity index (χ2n) is 8.86. The number of ether oxygens (including phenoxy) is 2. The van der Waals surface area contributed by atoms with Crippen molar-refractivity contribution < 1.29 is 23.5 Å². The van der Waals surface area contributed by atoms with Gasteiger partial charge in [-0.15, -0.1) is 0 Å². The van der Waals surface area contributed by atoms with Crippen molar-refractivity contribution in [2.24, 2.45) is 11.3 Å². The maximum absolute atomic E-state index is 13.4. The van der Waals surface area contributed by atoms with Gasteiger partial charge in [-0.1, -0.05) is 11.6 Å². The SMILES string of the molecule is CC1CC(CNC(=O)C23CC(NC(=O)COc4ccc(Cl)c(F)c4)(C2)C3)C(C)O1. The Morgan fingerprint density at radius 3 is 2.66 bits per heavy atom. The molecular formula is C21H26ClFN2O4. The molecule has 0 aromatic heterocycles. The molecule has 5 rings (SSSR count). The van der Waals surface area contributed by atoms with Crippen molar-refractivity contribution in [3.8, 4) is 5.75 Å². The Labute approximate surface area is 174 Å². The van der Waals surface area contributed by atoms with Gasteiger partial charge in [-0.05, 0) is 51.7 Å². The van der Waals surface area contributed by atoms with E-state index < -0.39 is 5.82 Å². The van der Waals surface area contributed by atoms with E-state index in [2.05, 4.69) is 17.6 Å². The number of hydrogen-bond acceptors (Lipinski definition) is 4. The van der Waals surface area contributed by atoms with Crippen molar-refractivity contribution in [1.29, 1.82) is 0 Å². The molecule has 2 amide bonds. The Kier molecular flexibility index (Phi) is 5.23. The van der Waals surface area contributed by atoms with E-state index in [-0.39, 0.29) is 52.4 Å². The fraction of sp³-hybridized carbons (Fsp3) is 0.619. The second kappa shape index (κ2) is 7.43. The predicted octanol–water partition coefficient (Wildman–Crippen LogP) is 2.83. The van der Waals surface area contributed by atoms with Crippen molar-refractivity contribution in [3.63, 3.8) is 0 Å². The van der Waals surface area contributed by atoms with Crippen LogP contribution < -0.4 is 15.4 Å². The number of amides is 2. The third kappa shape index (κ3) is 3.94. The van der Waals surface area contributed by atoms with Gasteiger partial charge in [0.15, 0.2) is 6.61 Å². The van der Waals surface area contributed by atoms with Crippen LogP contribution in [-0.2, 0) is 14.3 Å². The maximum Gasteiger partial charge on any atom is 0.258 e. The highest BCUT2D eigenvalue weighted by Gasteiger charge is 2.72. The van der Waals surface area contributed by atoms with Crippen LogP contribution in [0.15, 0.2) is 18.2 Å².